The number of ether oxygens (including phenoxy) is 3. The van der Waals surface area contributed by atoms with Gasteiger partial charge in [0.15, 0.2) is 23.2 Å². The van der Waals surface area contributed by atoms with E-state index in [-0.39, 0.29) is 18.4 Å². The van der Waals surface area contributed by atoms with Crippen LogP contribution in [0.4, 0.5) is 16.5 Å². The van der Waals surface area contributed by atoms with Crippen LogP contribution in [0.2, 0.25) is 5.02 Å². The Morgan fingerprint density at radius 1 is 1.00 bits per heavy atom. The minimum absolute atomic E-state index is 0.261. The van der Waals surface area contributed by atoms with Crippen molar-refractivity contribution in [1.29, 1.82) is 0 Å². The number of hydrogen-bond donors (Lipinski definition) is 3. The minimum atomic E-state index is -0.374. The average Bonchev–Trinajstić information content (AvgIpc) is 3.54. The molecule has 240 valence electrons. The number of benzene rings is 4. The maximum absolute atomic E-state index is 12.8. The molecule has 5 rings (SSSR count). The number of nitrogens with zero attached hydrogens (tertiary/aromatic N) is 2. The number of nitrogens with one attached hydrogen (secondary N) is 3. The van der Waals surface area contributed by atoms with Gasteiger partial charge in [0.05, 0.1) is 35.8 Å². The molecule has 2 amide bonds. The summed E-state index contributed by atoms with van der Waals surface area (Å²) in [6.45, 7) is 1.94. The molecule has 0 unspecified atom stereocenters. The van der Waals surface area contributed by atoms with Gasteiger partial charge in [-0.25, -0.2) is 10.4 Å². The van der Waals surface area contributed by atoms with Crippen molar-refractivity contribution in [2.24, 2.45) is 5.10 Å². The maximum atomic E-state index is 12.8. The van der Waals surface area contributed by atoms with Crippen LogP contribution in [0.5, 0.6) is 17.2 Å². The van der Waals surface area contributed by atoms with Crippen LogP contribution in [0.15, 0.2) is 99.9 Å². The number of para-hydroxylation sites is 2. The van der Waals surface area contributed by atoms with E-state index < -0.39 is 0 Å². The Balaban J connectivity index is 1.17. The topological polar surface area (TPSA) is 123 Å². The Morgan fingerprint density at radius 2 is 1.77 bits per heavy atom. The molecule has 0 radical (unpaired) electrons. The Hall–Kier alpha value is -4.91. The summed E-state index contributed by atoms with van der Waals surface area (Å²) in [6.07, 6.45) is 1.49. The summed E-state index contributed by atoms with van der Waals surface area (Å²) >= 11 is 10.9. The second-order valence-corrected chi connectivity index (χ2v) is 11.9. The maximum Gasteiger partial charge on any atom is 0.271 e. The van der Waals surface area contributed by atoms with Crippen molar-refractivity contribution in [3.8, 4) is 28.5 Å². The van der Waals surface area contributed by atoms with Gasteiger partial charge in [0.1, 0.15) is 5.75 Å². The van der Waals surface area contributed by atoms with Gasteiger partial charge in [-0.3, -0.25) is 9.59 Å². The van der Waals surface area contributed by atoms with Gasteiger partial charge in [0, 0.05) is 27.2 Å². The van der Waals surface area contributed by atoms with Gasteiger partial charge in [-0.1, -0.05) is 35.9 Å². The van der Waals surface area contributed by atoms with Gasteiger partial charge in [-0.05, 0) is 89.1 Å². The number of methoxy groups -OCH3 is 1. The Labute approximate surface area is 288 Å². The van der Waals surface area contributed by atoms with E-state index in [1.807, 2.05) is 54.8 Å². The van der Waals surface area contributed by atoms with Crippen LogP contribution in [-0.4, -0.2) is 43.3 Å². The summed E-state index contributed by atoms with van der Waals surface area (Å²) in [5, 5.41) is 13.5. The van der Waals surface area contributed by atoms with Crippen molar-refractivity contribution in [2.75, 3.05) is 31.0 Å². The monoisotopic (exact) mass is 733 g/mol. The standard InChI is InChI=1S/C34H29BrClN5O5S/c1-3-45-30-17-21(16-26(35)32(30)46-19-31(42)39-27-6-4-5-7-29(27)44-2)18-37-41-33(43)23-10-8-22(9-11-23)28-20-47-34(40-28)38-25-14-12-24(36)13-15-25/h4-18,20H,3,19H2,1-2H3,(H,38,40)(H,39,42)(H,41,43)/b37-18-. The number of hydrogen-bond acceptors (Lipinski definition) is 9. The molecule has 4 aromatic carbocycles. The highest BCUT2D eigenvalue weighted by atomic mass is 79.9. The highest BCUT2D eigenvalue weighted by molar-refractivity contribution is 9.10. The smallest absolute Gasteiger partial charge is 0.271 e. The summed E-state index contributed by atoms with van der Waals surface area (Å²) in [7, 11) is 1.53. The number of carbonyl (C=O) groups is 2. The number of anilines is 3. The lowest BCUT2D eigenvalue weighted by molar-refractivity contribution is -0.118. The van der Waals surface area contributed by atoms with Crippen LogP contribution in [0.1, 0.15) is 22.8 Å². The number of rotatable bonds is 13. The summed E-state index contributed by atoms with van der Waals surface area (Å²) in [5.74, 6) is 0.563. The molecule has 47 heavy (non-hydrogen) atoms. The first-order valence-corrected chi connectivity index (χ1v) is 16.3. The first kappa shape index (κ1) is 33.5. The molecule has 0 spiro atoms. The quantitative estimate of drug-likeness (QED) is 0.0824. The number of hydrazone groups is 1. The molecule has 0 atom stereocenters. The molecule has 0 fully saturated rings. The van der Waals surface area contributed by atoms with E-state index in [1.54, 1.807) is 42.5 Å². The highest BCUT2D eigenvalue weighted by Crippen LogP contribution is 2.37. The Bertz CT molecular complexity index is 1880. The van der Waals surface area contributed by atoms with Gasteiger partial charge >= 0.3 is 0 Å². The summed E-state index contributed by atoms with van der Waals surface area (Å²) in [5.41, 5.74) is 6.70. The molecular formula is C34H29BrClN5O5S. The van der Waals surface area contributed by atoms with Gasteiger partial charge < -0.3 is 24.8 Å². The zero-order chi connectivity index (χ0) is 33.2. The molecule has 1 aromatic heterocycles. The van der Waals surface area contributed by atoms with Crippen LogP contribution in [-0.2, 0) is 4.79 Å². The van der Waals surface area contributed by atoms with E-state index in [4.69, 9.17) is 25.8 Å². The van der Waals surface area contributed by atoms with Crippen LogP contribution >= 0.6 is 38.9 Å². The lowest BCUT2D eigenvalue weighted by Gasteiger charge is -2.15. The van der Waals surface area contributed by atoms with Gasteiger partial charge in [-0.15, -0.1) is 11.3 Å². The molecule has 10 nitrogen and oxygen atoms in total. The fourth-order valence-corrected chi connectivity index (χ4v) is 5.72. The Morgan fingerprint density at radius 3 is 2.51 bits per heavy atom. The molecule has 3 N–H and O–H groups in total. The molecule has 0 aliphatic carbocycles. The first-order valence-electron chi connectivity index (χ1n) is 14.3. The second kappa shape index (κ2) is 16.1. The molecule has 5 aromatic rings. The highest BCUT2D eigenvalue weighted by Gasteiger charge is 2.15. The van der Waals surface area contributed by atoms with E-state index in [0.29, 0.717) is 50.2 Å². The lowest BCUT2D eigenvalue weighted by Crippen LogP contribution is -2.21. The third-order valence-corrected chi connectivity index (χ3v) is 8.08. The van der Waals surface area contributed by atoms with Crippen molar-refractivity contribution in [1.82, 2.24) is 10.4 Å². The number of thiazole rings is 1. The zero-order valence-corrected chi connectivity index (χ0v) is 28.4. The molecular weight excluding hydrogens is 706 g/mol. The van der Waals surface area contributed by atoms with E-state index >= 15 is 0 Å². The van der Waals surface area contributed by atoms with Crippen molar-refractivity contribution in [3.63, 3.8) is 0 Å². The molecule has 0 saturated carbocycles. The van der Waals surface area contributed by atoms with Crippen LogP contribution in [0.3, 0.4) is 0 Å². The second-order valence-electron chi connectivity index (χ2n) is 9.75. The zero-order valence-electron chi connectivity index (χ0n) is 25.3. The first-order chi connectivity index (χ1) is 22.8. The molecule has 13 heteroatoms. The third-order valence-electron chi connectivity index (χ3n) is 6.48. The van der Waals surface area contributed by atoms with Crippen LogP contribution in [0, 0.1) is 0 Å². The number of aromatic nitrogens is 1. The number of carbonyl (C=O) groups excluding carboxylic acids is 2. The number of halogens is 2. The summed E-state index contributed by atoms with van der Waals surface area (Å²) < 4.78 is 17.4. The fourth-order valence-electron chi connectivity index (χ4n) is 4.28. The lowest BCUT2D eigenvalue weighted by atomic mass is 10.1. The van der Waals surface area contributed by atoms with Crippen molar-refractivity contribution < 1.29 is 23.8 Å². The molecule has 0 bridgehead atoms. The van der Waals surface area contributed by atoms with E-state index in [1.165, 1.54) is 24.7 Å². The van der Waals surface area contributed by atoms with Crippen LogP contribution < -0.4 is 30.3 Å². The SMILES string of the molecule is CCOc1cc(/C=N\NC(=O)c2ccc(-c3csc(Nc4ccc(Cl)cc4)n3)cc2)cc(Br)c1OCC(=O)Nc1ccccc1OC. The number of amides is 2. The van der Waals surface area contributed by atoms with Gasteiger partial charge in [0.25, 0.3) is 11.8 Å². The molecule has 0 aliphatic heterocycles. The van der Waals surface area contributed by atoms with E-state index in [2.05, 4.69) is 42.1 Å². The van der Waals surface area contributed by atoms with Gasteiger partial charge in [-0.2, -0.15) is 5.10 Å². The van der Waals surface area contributed by atoms with Crippen molar-refractivity contribution in [2.45, 2.75) is 6.92 Å². The van der Waals surface area contributed by atoms with Crippen molar-refractivity contribution >= 4 is 73.4 Å². The normalized spacial score (nSPS) is 10.8. The predicted molar refractivity (Wildman–Crippen MR) is 190 cm³/mol. The predicted octanol–water partition coefficient (Wildman–Crippen LogP) is 8.16. The summed E-state index contributed by atoms with van der Waals surface area (Å²) in [6, 6.07) is 25.0. The van der Waals surface area contributed by atoms with E-state index in [9.17, 15) is 9.59 Å². The van der Waals surface area contributed by atoms with Gasteiger partial charge in [0.2, 0.25) is 0 Å². The third kappa shape index (κ3) is 9.09. The van der Waals surface area contributed by atoms with Crippen molar-refractivity contribution in [3.05, 3.63) is 111 Å². The Kier molecular flexibility index (Phi) is 11.4. The van der Waals surface area contributed by atoms with Crippen LogP contribution in [0.25, 0.3) is 11.3 Å². The fraction of sp³-hybridized carbons (Fsp3) is 0.118. The largest absolute Gasteiger partial charge is 0.495 e. The molecule has 1 heterocycles. The summed E-state index contributed by atoms with van der Waals surface area (Å²) in [4.78, 5) is 30.0. The average molecular weight is 735 g/mol. The molecule has 0 aliphatic rings. The molecule has 0 saturated heterocycles. The van der Waals surface area contributed by atoms with E-state index in [0.717, 1.165) is 22.1 Å². The minimum Gasteiger partial charge on any atom is -0.495 e.